The molecule has 134 valence electrons. The number of carbonyl (C=O) groups is 1. The molecule has 2 aromatic rings. The molecule has 0 fully saturated rings. The summed E-state index contributed by atoms with van der Waals surface area (Å²) in [5, 5.41) is -2.45. The fourth-order valence-electron chi connectivity index (χ4n) is 1.72. The lowest BCUT2D eigenvalue weighted by molar-refractivity contribution is -0.134. The number of nitrogens with two attached hydrogens (primary N) is 1. The van der Waals surface area contributed by atoms with E-state index in [0.29, 0.717) is 0 Å². The fourth-order valence-corrected chi connectivity index (χ4v) is 2.85. The van der Waals surface area contributed by atoms with Crippen LogP contribution in [0.1, 0.15) is 0 Å². The zero-order chi connectivity index (χ0) is 18.9. The molecule has 2 aromatic carbocycles. The smallest absolute Gasteiger partial charge is 0.344 e. The third kappa shape index (κ3) is 3.33. The highest BCUT2D eigenvalue weighted by Gasteiger charge is 2.35. The molecule has 0 bridgehead atoms. The van der Waals surface area contributed by atoms with E-state index in [1.54, 1.807) is 0 Å². The maximum Gasteiger partial charge on any atom is 0.344 e. The second-order valence-corrected chi connectivity index (χ2v) is 6.67. The zero-order valence-corrected chi connectivity index (χ0v) is 12.8. The van der Waals surface area contributed by atoms with E-state index < -0.39 is 60.9 Å². The van der Waals surface area contributed by atoms with Gasteiger partial charge in [-0.1, -0.05) is 18.2 Å². The molecule has 5 nitrogen and oxygen atoms in total. The van der Waals surface area contributed by atoms with Crippen LogP contribution in [0.3, 0.4) is 0 Å². The Morgan fingerprint density at radius 1 is 0.880 bits per heavy atom. The number of ether oxygens (including phenoxy) is 1. The van der Waals surface area contributed by atoms with Crippen LogP contribution in [0.25, 0.3) is 0 Å². The Kier molecular flexibility index (Phi) is 5.09. The predicted molar refractivity (Wildman–Crippen MR) is 73.5 cm³/mol. The van der Waals surface area contributed by atoms with Gasteiger partial charge in [0.25, 0.3) is 0 Å². The van der Waals surface area contributed by atoms with Crippen LogP contribution in [-0.4, -0.2) is 19.8 Å². The number of hydrogen-bond acceptors (Lipinski definition) is 5. The molecule has 0 radical (unpaired) electrons. The minimum absolute atomic E-state index is 0.406. The first-order valence-corrected chi connectivity index (χ1v) is 7.91. The van der Waals surface area contributed by atoms with E-state index in [0.717, 1.165) is 12.1 Å². The van der Waals surface area contributed by atoms with Gasteiger partial charge in [0.2, 0.25) is 50.0 Å². The molecule has 0 spiro atoms. The summed E-state index contributed by atoms with van der Waals surface area (Å²) in [6, 6.07) is 6.27. The molecule has 25 heavy (non-hydrogen) atoms. The number of hydrogen-bond donors (Lipinski definition) is 1. The first-order valence-electron chi connectivity index (χ1n) is 6.36. The van der Waals surface area contributed by atoms with Crippen molar-refractivity contribution in [3.63, 3.8) is 0 Å². The lowest BCUT2D eigenvalue weighted by atomic mass is 10.2. The Balaban J connectivity index is 2.38. The molecule has 0 aliphatic carbocycles. The lowest BCUT2D eigenvalue weighted by Gasteiger charge is -2.13. The van der Waals surface area contributed by atoms with Crippen LogP contribution in [0, 0.1) is 29.1 Å². The minimum Gasteiger partial charge on any atom is -0.418 e. The Morgan fingerprint density at radius 2 is 1.32 bits per heavy atom. The van der Waals surface area contributed by atoms with Gasteiger partial charge in [-0.15, -0.1) is 0 Å². The second-order valence-electron chi connectivity index (χ2n) is 4.60. The summed E-state index contributed by atoms with van der Waals surface area (Å²) in [5.74, 6) is -15.9. The highest BCUT2D eigenvalue weighted by atomic mass is 32.2. The number of halogens is 5. The summed E-state index contributed by atoms with van der Waals surface area (Å²) in [6.07, 6.45) is 0. The summed E-state index contributed by atoms with van der Waals surface area (Å²) in [5.41, 5.74) is 5.21. The Bertz CT molecular complexity index is 905. The third-order valence-electron chi connectivity index (χ3n) is 3.01. The molecule has 0 aliphatic heterocycles. The van der Waals surface area contributed by atoms with Gasteiger partial charge < -0.3 is 10.5 Å². The lowest BCUT2D eigenvalue weighted by Crippen LogP contribution is -2.41. The van der Waals surface area contributed by atoms with Crippen LogP contribution in [-0.2, 0) is 14.6 Å². The number of carbonyl (C=O) groups excluding carboxylic acids is 1. The number of sulfone groups is 1. The van der Waals surface area contributed by atoms with Crippen molar-refractivity contribution in [3.8, 4) is 5.75 Å². The average molecular weight is 381 g/mol. The molecule has 0 heterocycles. The van der Waals surface area contributed by atoms with E-state index in [4.69, 9.17) is 5.73 Å². The van der Waals surface area contributed by atoms with Crippen molar-refractivity contribution < 1.29 is 39.9 Å². The normalized spacial score (nSPS) is 12.7. The van der Waals surface area contributed by atoms with Crippen molar-refractivity contribution in [1.82, 2.24) is 0 Å². The Hall–Kier alpha value is -2.53. The predicted octanol–water partition coefficient (Wildman–Crippen LogP) is 2.05. The number of esters is 1. The first kappa shape index (κ1) is 18.8. The highest BCUT2D eigenvalue weighted by molar-refractivity contribution is 7.92. The maximum atomic E-state index is 13.5. The Labute approximate surface area is 137 Å². The molecule has 0 saturated heterocycles. The SMILES string of the molecule is NC(C(=O)Oc1c(F)c(F)c(F)c(F)c1F)S(=O)(=O)c1ccccc1. The van der Waals surface area contributed by atoms with Gasteiger partial charge in [-0.25, -0.2) is 26.4 Å². The maximum absolute atomic E-state index is 13.5. The van der Waals surface area contributed by atoms with E-state index in [1.807, 2.05) is 0 Å². The van der Waals surface area contributed by atoms with Crippen molar-refractivity contribution >= 4 is 15.8 Å². The molecule has 1 atom stereocenters. The third-order valence-corrected chi connectivity index (χ3v) is 4.80. The van der Waals surface area contributed by atoms with E-state index in [-0.39, 0.29) is 0 Å². The fraction of sp³-hybridized carbons (Fsp3) is 0.0714. The second kappa shape index (κ2) is 6.76. The summed E-state index contributed by atoms with van der Waals surface area (Å²) < 4.78 is 94.2. The van der Waals surface area contributed by atoms with E-state index >= 15 is 0 Å². The molecule has 0 aliphatic rings. The van der Waals surface area contributed by atoms with Gasteiger partial charge in [0.1, 0.15) is 0 Å². The van der Waals surface area contributed by atoms with Crippen molar-refractivity contribution in [2.45, 2.75) is 10.3 Å². The van der Waals surface area contributed by atoms with Gasteiger partial charge in [-0.3, -0.25) is 0 Å². The van der Waals surface area contributed by atoms with Gasteiger partial charge in [0, 0.05) is 0 Å². The van der Waals surface area contributed by atoms with Crippen LogP contribution in [0.15, 0.2) is 35.2 Å². The molecule has 0 amide bonds. The van der Waals surface area contributed by atoms with Crippen LogP contribution in [0.4, 0.5) is 22.0 Å². The Morgan fingerprint density at radius 3 is 1.80 bits per heavy atom. The molecule has 0 saturated carbocycles. The van der Waals surface area contributed by atoms with E-state index in [9.17, 15) is 35.2 Å². The molecule has 11 heteroatoms. The van der Waals surface area contributed by atoms with E-state index in [2.05, 4.69) is 4.74 Å². The van der Waals surface area contributed by atoms with E-state index in [1.165, 1.54) is 18.2 Å². The monoisotopic (exact) mass is 381 g/mol. The molecular formula is C14H8F5NO4S. The highest BCUT2D eigenvalue weighted by Crippen LogP contribution is 2.29. The summed E-state index contributed by atoms with van der Waals surface area (Å²) in [7, 11) is -4.52. The first-order chi connectivity index (χ1) is 11.6. The standard InChI is InChI=1S/C14H8F5NO4S/c15-7-8(16)10(18)12(11(19)9(7)17)24-14(21)13(20)25(22,23)6-4-2-1-3-5-6/h1-5,13H,20H2. The molecule has 2 rings (SSSR count). The number of rotatable bonds is 4. The molecular weight excluding hydrogens is 373 g/mol. The van der Waals surface area contributed by atoms with Crippen molar-refractivity contribution in [2.24, 2.45) is 5.73 Å². The van der Waals surface area contributed by atoms with Crippen LogP contribution < -0.4 is 10.5 Å². The van der Waals surface area contributed by atoms with Crippen molar-refractivity contribution in [2.75, 3.05) is 0 Å². The van der Waals surface area contributed by atoms with Gasteiger partial charge in [-0.05, 0) is 12.1 Å². The summed E-state index contributed by atoms with van der Waals surface area (Å²) >= 11 is 0. The largest absolute Gasteiger partial charge is 0.418 e. The molecule has 0 aromatic heterocycles. The van der Waals surface area contributed by atoms with Gasteiger partial charge in [0.15, 0.2) is 0 Å². The quantitative estimate of drug-likeness (QED) is 0.288. The van der Waals surface area contributed by atoms with Crippen LogP contribution >= 0.6 is 0 Å². The van der Waals surface area contributed by atoms with Crippen molar-refractivity contribution in [1.29, 1.82) is 0 Å². The summed E-state index contributed by atoms with van der Waals surface area (Å²) in [4.78, 5) is 11.3. The van der Waals surface area contributed by atoms with Gasteiger partial charge in [-0.2, -0.15) is 8.78 Å². The zero-order valence-electron chi connectivity index (χ0n) is 12.0. The topological polar surface area (TPSA) is 86.5 Å². The van der Waals surface area contributed by atoms with Crippen LogP contribution in [0.5, 0.6) is 5.75 Å². The minimum atomic E-state index is -4.52. The molecule has 2 N–H and O–H groups in total. The van der Waals surface area contributed by atoms with Crippen molar-refractivity contribution in [3.05, 3.63) is 59.4 Å². The van der Waals surface area contributed by atoms with Gasteiger partial charge >= 0.3 is 5.97 Å². The van der Waals surface area contributed by atoms with Crippen LogP contribution in [0.2, 0.25) is 0 Å². The van der Waals surface area contributed by atoms with Gasteiger partial charge in [0.05, 0.1) is 4.90 Å². The number of benzene rings is 2. The average Bonchev–Trinajstić information content (AvgIpc) is 2.61. The molecule has 1 unspecified atom stereocenters. The summed E-state index contributed by atoms with van der Waals surface area (Å²) in [6.45, 7) is 0.